The minimum Gasteiger partial charge on any atom is -0.489 e. The molecule has 2 aromatic rings. The first-order valence-electron chi connectivity index (χ1n) is 12.6. The highest BCUT2D eigenvalue weighted by Crippen LogP contribution is 2.36. The number of hydrogen-bond acceptors (Lipinski definition) is 6. The zero-order valence-electron chi connectivity index (χ0n) is 19.7. The van der Waals surface area contributed by atoms with E-state index < -0.39 is 6.04 Å². The number of nitrogens with zero attached hydrogens (tertiary/aromatic N) is 3. The number of fused-ring (bicyclic) bond motifs is 1. The van der Waals surface area contributed by atoms with Crippen LogP contribution in [0, 0.1) is 0 Å². The number of rotatable bonds is 5. The van der Waals surface area contributed by atoms with Crippen molar-refractivity contribution >= 4 is 17.7 Å². The Morgan fingerprint density at radius 2 is 1.77 bits per heavy atom. The van der Waals surface area contributed by atoms with Crippen molar-refractivity contribution in [3.05, 3.63) is 59.4 Å². The number of nitrogens with one attached hydrogen (secondary N) is 1. The van der Waals surface area contributed by atoms with Crippen LogP contribution >= 0.6 is 0 Å². The second-order valence-corrected chi connectivity index (χ2v) is 10.2. The van der Waals surface area contributed by atoms with Crippen LogP contribution in [0.3, 0.4) is 0 Å². The Morgan fingerprint density at radius 3 is 2.57 bits per heavy atom. The van der Waals surface area contributed by atoms with Crippen molar-refractivity contribution in [1.29, 1.82) is 0 Å². The van der Waals surface area contributed by atoms with Gasteiger partial charge in [0.25, 0.3) is 5.91 Å². The number of pyridine rings is 1. The molecule has 1 aliphatic carbocycles. The summed E-state index contributed by atoms with van der Waals surface area (Å²) in [5.41, 5.74) is 2.85. The summed E-state index contributed by atoms with van der Waals surface area (Å²) in [6.45, 7) is 2.47. The SMILES string of the molecule is O=C1CC[C@H](N2Cc3cc(O[C@H]4CCCC[C@@H]4N4CC(c5ccncc5)C4)ccc3C2=O)C(=O)N1. The van der Waals surface area contributed by atoms with Crippen LogP contribution in [-0.4, -0.2) is 63.8 Å². The van der Waals surface area contributed by atoms with Crippen LogP contribution in [-0.2, 0) is 16.1 Å². The molecule has 3 atom stereocenters. The third-order valence-electron chi connectivity index (χ3n) is 8.01. The number of ether oxygens (including phenoxy) is 1. The van der Waals surface area contributed by atoms with Crippen LogP contribution in [0.4, 0.5) is 0 Å². The monoisotopic (exact) mass is 474 g/mol. The van der Waals surface area contributed by atoms with Crippen molar-refractivity contribution in [2.45, 2.75) is 69.2 Å². The lowest BCUT2D eigenvalue weighted by molar-refractivity contribution is -0.136. The van der Waals surface area contributed by atoms with Gasteiger partial charge in [-0.25, -0.2) is 0 Å². The standard InChI is InChI=1S/C27H30N4O4/c32-25-8-7-23(26(33)29-25)31-16-18-13-20(5-6-21(18)27(31)34)35-24-4-2-1-3-22(24)30-14-19(15-30)17-9-11-28-12-10-17/h5-6,9-13,19,22-24H,1-4,7-8,14-16H2,(H,29,32,33)/t22-,23-,24-/m0/s1. The molecule has 0 spiro atoms. The molecule has 0 bridgehead atoms. The topological polar surface area (TPSA) is 91.8 Å². The van der Waals surface area contributed by atoms with Crippen LogP contribution in [0.25, 0.3) is 0 Å². The van der Waals surface area contributed by atoms with Gasteiger partial charge in [-0.15, -0.1) is 0 Å². The smallest absolute Gasteiger partial charge is 0.255 e. The lowest BCUT2D eigenvalue weighted by Gasteiger charge is -2.48. The maximum absolute atomic E-state index is 13.0. The summed E-state index contributed by atoms with van der Waals surface area (Å²) >= 11 is 0. The molecule has 2 saturated heterocycles. The van der Waals surface area contributed by atoms with Gasteiger partial charge in [0.2, 0.25) is 11.8 Å². The van der Waals surface area contributed by atoms with Crippen LogP contribution in [0.2, 0.25) is 0 Å². The fourth-order valence-corrected chi connectivity index (χ4v) is 6.06. The van der Waals surface area contributed by atoms with Gasteiger partial charge in [-0.05, 0) is 67.1 Å². The molecule has 1 aromatic heterocycles. The quantitative estimate of drug-likeness (QED) is 0.670. The van der Waals surface area contributed by atoms with Gasteiger partial charge in [0.1, 0.15) is 17.9 Å². The van der Waals surface area contributed by atoms with Crippen molar-refractivity contribution < 1.29 is 19.1 Å². The molecule has 3 amide bonds. The summed E-state index contributed by atoms with van der Waals surface area (Å²) in [5.74, 6) is 0.528. The van der Waals surface area contributed by atoms with Crippen molar-refractivity contribution in [2.24, 2.45) is 0 Å². The normalized spacial score (nSPS) is 27.4. The van der Waals surface area contributed by atoms with E-state index in [9.17, 15) is 14.4 Å². The van der Waals surface area contributed by atoms with Crippen molar-refractivity contribution in [1.82, 2.24) is 20.1 Å². The minimum absolute atomic E-state index is 0.128. The van der Waals surface area contributed by atoms with Crippen LogP contribution in [0.15, 0.2) is 42.7 Å². The average molecular weight is 475 g/mol. The van der Waals surface area contributed by atoms with Gasteiger partial charge in [0.05, 0.1) is 0 Å². The van der Waals surface area contributed by atoms with E-state index in [0.717, 1.165) is 43.7 Å². The maximum atomic E-state index is 13.0. The third kappa shape index (κ3) is 4.20. The Bertz CT molecular complexity index is 1150. The van der Waals surface area contributed by atoms with E-state index in [1.807, 2.05) is 30.6 Å². The number of piperidine rings is 1. The number of imide groups is 1. The van der Waals surface area contributed by atoms with E-state index in [1.165, 1.54) is 12.0 Å². The molecule has 0 radical (unpaired) electrons. The predicted octanol–water partition coefficient (Wildman–Crippen LogP) is 2.63. The fraction of sp³-hybridized carbons (Fsp3) is 0.481. The highest BCUT2D eigenvalue weighted by Gasteiger charge is 2.41. The molecular weight excluding hydrogens is 444 g/mol. The molecule has 0 unspecified atom stereocenters. The summed E-state index contributed by atoms with van der Waals surface area (Å²) in [5, 5.41) is 2.35. The van der Waals surface area contributed by atoms with Crippen molar-refractivity contribution in [3.63, 3.8) is 0 Å². The molecule has 4 aliphatic rings. The number of amides is 3. The van der Waals surface area contributed by atoms with E-state index in [0.29, 0.717) is 30.5 Å². The van der Waals surface area contributed by atoms with Gasteiger partial charge < -0.3 is 9.64 Å². The fourth-order valence-electron chi connectivity index (χ4n) is 6.06. The second-order valence-electron chi connectivity index (χ2n) is 10.2. The van der Waals surface area contributed by atoms with Gasteiger partial charge in [-0.3, -0.25) is 29.6 Å². The Hall–Kier alpha value is -3.26. The zero-order chi connectivity index (χ0) is 23.9. The maximum Gasteiger partial charge on any atom is 0.255 e. The van der Waals surface area contributed by atoms with E-state index in [1.54, 1.807) is 4.90 Å². The Labute approximate surface area is 204 Å². The first-order valence-corrected chi connectivity index (χ1v) is 12.6. The highest BCUT2D eigenvalue weighted by atomic mass is 16.5. The molecule has 35 heavy (non-hydrogen) atoms. The largest absolute Gasteiger partial charge is 0.489 e. The molecule has 4 heterocycles. The molecule has 8 nitrogen and oxygen atoms in total. The van der Waals surface area contributed by atoms with E-state index in [-0.39, 0.29) is 30.2 Å². The number of aromatic nitrogens is 1. The number of benzene rings is 1. The Morgan fingerprint density at radius 1 is 0.971 bits per heavy atom. The Balaban J connectivity index is 1.12. The summed E-state index contributed by atoms with van der Waals surface area (Å²) in [6, 6.07) is 9.69. The predicted molar refractivity (Wildman–Crippen MR) is 128 cm³/mol. The summed E-state index contributed by atoms with van der Waals surface area (Å²) in [7, 11) is 0. The van der Waals surface area contributed by atoms with Crippen LogP contribution < -0.4 is 10.1 Å². The molecule has 8 heteroatoms. The van der Waals surface area contributed by atoms with E-state index in [2.05, 4.69) is 27.3 Å². The van der Waals surface area contributed by atoms with Crippen LogP contribution in [0.1, 0.15) is 65.9 Å². The molecule has 182 valence electrons. The third-order valence-corrected chi connectivity index (χ3v) is 8.01. The first kappa shape index (κ1) is 22.2. The van der Waals surface area contributed by atoms with Crippen molar-refractivity contribution in [3.8, 4) is 5.75 Å². The molecular formula is C27H30N4O4. The second kappa shape index (κ2) is 9.07. The van der Waals surface area contributed by atoms with Gasteiger partial charge >= 0.3 is 0 Å². The number of likely N-dealkylation sites (tertiary alicyclic amines) is 1. The van der Waals surface area contributed by atoms with Gasteiger partial charge in [-0.1, -0.05) is 6.42 Å². The Kier molecular flexibility index (Phi) is 5.76. The van der Waals surface area contributed by atoms with Gasteiger partial charge in [0, 0.05) is 56.0 Å². The summed E-state index contributed by atoms with van der Waals surface area (Å²) < 4.78 is 6.54. The van der Waals surface area contributed by atoms with E-state index >= 15 is 0 Å². The molecule has 1 N–H and O–H groups in total. The van der Waals surface area contributed by atoms with Crippen LogP contribution in [0.5, 0.6) is 5.75 Å². The summed E-state index contributed by atoms with van der Waals surface area (Å²) in [4.78, 5) is 45.0. The first-order chi connectivity index (χ1) is 17.1. The molecule has 1 saturated carbocycles. The lowest BCUT2D eigenvalue weighted by Crippen LogP contribution is -2.57. The minimum atomic E-state index is -0.598. The molecule has 6 rings (SSSR count). The van der Waals surface area contributed by atoms with Gasteiger partial charge in [-0.2, -0.15) is 0 Å². The summed E-state index contributed by atoms with van der Waals surface area (Å²) in [6.07, 6.45) is 9.04. The molecule has 1 aromatic carbocycles. The zero-order valence-corrected chi connectivity index (χ0v) is 19.7. The van der Waals surface area contributed by atoms with Gasteiger partial charge in [0.15, 0.2) is 0 Å². The molecule has 3 aliphatic heterocycles. The number of carbonyl (C=O) groups excluding carboxylic acids is 3. The highest BCUT2D eigenvalue weighted by molar-refractivity contribution is 6.05. The van der Waals surface area contributed by atoms with Crippen molar-refractivity contribution in [2.75, 3.05) is 13.1 Å². The average Bonchev–Trinajstić information content (AvgIpc) is 3.15. The lowest BCUT2D eigenvalue weighted by atomic mass is 9.84. The van der Waals surface area contributed by atoms with E-state index in [4.69, 9.17) is 4.74 Å². The molecule has 3 fully saturated rings. The number of hydrogen-bond donors (Lipinski definition) is 1. The number of carbonyl (C=O) groups is 3.